The Morgan fingerprint density at radius 3 is 2.63 bits per heavy atom. The summed E-state index contributed by atoms with van der Waals surface area (Å²) in [6.07, 6.45) is 0.649. The maximum absolute atomic E-state index is 12.2. The second-order valence-corrected chi connectivity index (χ2v) is 6.55. The Balaban J connectivity index is 2.18. The second kappa shape index (κ2) is 5.28. The number of hydrogen-bond donors (Lipinski definition) is 1. The highest BCUT2D eigenvalue weighted by Crippen LogP contribution is 2.21. The van der Waals surface area contributed by atoms with Crippen LogP contribution >= 0.6 is 0 Å². The highest BCUT2D eigenvalue weighted by molar-refractivity contribution is 7.86. The average Bonchev–Trinajstić information content (AvgIpc) is 2.37. The van der Waals surface area contributed by atoms with Gasteiger partial charge in [0.25, 0.3) is 10.2 Å². The van der Waals surface area contributed by atoms with E-state index in [9.17, 15) is 13.2 Å². The van der Waals surface area contributed by atoms with Crippen LogP contribution in [0.5, 0.6) is 0 Å². The van der Waals surface area contributed by atoms with E-state index in [4.69, 9.17) is 5.11 Å². The topological polar surface area (TPSA) is 77.9 Å². The summed E-state index contributed by atoms with van der Waals surface area (Å²) in [4.78, 5) is 10.6. The molecule has 1 N–H and O–H groups in total. The van der Waals surface area contributed by atoms with Crippen LogP contribution in [0.15, 0.2) is 24.3 Å². The van der Waals surface area contributed by atoms with Crippen LogP contribution in [0.3, 0.4) is 0 Å². The molecule has 0 amide bonds. The Morgan fingerprint density at radius 2 is 2.00 bits per heavy atom. The number of carbonyl (C=O) groups is 1. The predicted molar refractivity (Wildman–Crippen MR) is 69.7 cm³/mol. The summed E-state index contributed by atoms with van der Waals surface area (Å²) >= 11 is 0. The number of hydrogen-bond acceptors (Lipinski definition) is 3. The van der Waals surface area contributed by atoms with Gasteiger partial charge in [0, 0.05) is 20.1 Å². The quantitative estimate of drug-likeness (QED) is 0.863. The Kier molecular flexibility index (Phi) is 3.88. The number of fused-ring (bicyclic) bond motifs is 1. The van der Waals surface area contributed by atoms with Crippen molar-refractivity contribution < 1.29 is 18.3 Å². The molecule has 104 valence electrons. The van der Waals surface area contributed by atoms with E-state index in [2.05, 4.69) is 0 Å². The lowest BCUT2D eigenvalue weighted by Gasteiger charge is -2.30. The standard InChI is InChI=1S/C12H16N2O4S/c1-13(9-12(15)16)19(17,18)14-7-6-10-4-2-3-5-11(10)8-14/h2-5H,6-9H2,1H3,(H,15,16). The average molecular weight is 284 g/mol. The molecule has 2 rings (SSSR count). The van der Waals surface area contributed by atoms with E-state index in [0.717, 1.165) is 15.4 Å². The summed E-state index contributed by atoms with van der Waals surface area (Å²) < 4.78 is 26.6. The minimum atomic E-state index is -3.71. The molecule has 0 bridgehead atoms. The molecule has 0 fully saturated rings. The molecule has 0 spiro atoms. The minimum absolute atomic E-state index is 0.294. The Morgan fingerprint density at radius 1 is 1.37 bits per heavy atom. The number of benzene rings is 1. The summed E-state index contributed by atoms with van der Waals surface area (Å²) in [5.74, 6) is -1.16. The van der Waals surface area contributed by atoms with Crippen LogP contribution in [0.2, 0.25) is 0 Å². The molecule has 1 aromatic rings. The van der Waals surface area contributed by atoms with E-state index in [0.29, 0.717) is 19.5 Å². The van der Waals surface area contributed by atoms with Crippen LogP contribution in [0, 0.1) is 0 Å². The first-order valence-corrected chi connectivity index (χ1v) is 7.31. The SMILES string of the molecule is CN(CC(=O)O)S(=O)(=O)N1CCc2ccccc2C1. The molecule has 19 heavy (non-hydrogen) atoms. The van der Waals surface area contributed by atoms with Crippen LogP contribution in [0.25, 0.3) is 0 Å². The van der Waals surface area contributed by atoms with Crippen molar-refractivity contribution in [3.05, 3.63) is 35.4 Å². The van der Waals surface area contributed by atoms with Crippen molar-refractivity contribution in [2.75, 3.05) is 20.1 Å². The predicted octanol–water partition coefficient (Wildman–Crippen LogP) is 0.306. The number of aliphatic carboxylic acids is 1. The first-order chi connectivity index (χ1) is 8.91. The molecule has 0 saturated carbocycles. The van der Waals surface area contributed by atoms with Gasteiger partial charge in [-0.3, -0.25) is 4.79 Å². The lowest BCUT2D eigenvalue weighted by Crippen LogP contribution is -2.45. The number of nitrogens with zero attached hydrogens (tertiary/aromatic N) is 2. The minimum Gasteiger partial charge on any atom is -0.480 e. The Hall–Kier alpha value is -1.44. The largest absolute Gasteiger partial charge is 0.480 e. The van der Waals surface area contributed by atoms with E-state index >= 15 is 0 Å². The number of carboxylic acids is 1. The highest BCUT2D eigenvalue weighted by atomic mass is 32.2. The van der Waals surface area contributed by atoms with Gasteiger partial charge in [-0.25, -0.2) is 0 Å². The fraction of sp³-hybridized carbons (Fsp3) is 0.417. The van der Waals surface area contributed by atoms with Gasteiger partial charge in [0.1, 0.15) is 6.54 Å². The van der Waals surface area contributed by atoms with Crippen molar-refractivity contribution in [3.63, 3.8) is 0 Å². The molecule has 0 aliphatic carbocycles. The van der Waals surface area contributed by atoms with Crippen molar-refractivity contribution in [2.24, 2.45) is 0 Å². The molecule has 1 aliphatic heterocycles. The third kappa shape index (κ3) is 2.94. The summed E-state index contributed by atoms with van der Waals surface area (Å²) in [6, 6.07) is 7.68. The van der Waals surface area contributed by atoms with Crippen LogP contribution in [0.4, 0.5) is 0 Å². The van der Waals surface area contributed by atoms with Crippen molar-refractivity contribution in [3.8, 4) is 0 Å². The second-order valence-electron chi connectivity index (χ2n) is 4.51. The third-order valence-corrected chi connectivity index (χ3v) is 5.05. The summed E-state index contributed by atoms with van der Waals surface area (Å²) in [7, 11) is -2.43. The van der Waals surface area contributed by atoms with Crippen molar-refractivity contribution >= 4 is 16.2 Å². The molecule has 0 aromatic heterocycles. The molecular formula is C12H16N2O4S. The summed E-state index contributed by atoms with van der Waals surface area (Å²) in [6.45, 7) is 0.145. The first-order valence-electron chi connectivity index (χ1n) is 5.91. The maximum atomic E-state index is 12.2. The van der Waals surface area contributed by atoms with Crippen molar-refractivity contribution in [1.82, 2.24) is 8.61 Å². The molecule has 0 atom stereocenters. The van der Waals surface area contributed by atoms with E-state index < -0.39 is 22.7 Å². The normalized spacial score (nSPS) is 16.3. The van der Waals surface area contributed by atoms with E-state index in [1.807, 2.05) is 24.3 Å². The molecule has 7 heteroatoms. The molecular weight excluding hydrogens is 268 g/mol. The fourth-order valence-corrected chi connectivity index (χ4v) is 3.43. The Labute approximate surface area is 112 Å². The van der Waals surface area contributed by atoms with Crippen LogP contribution in [-0.2, 0) is 28.0 Å². The van der Waals surface area contributed by atoms with E-state index in [-0.39, 0.29) is 0 Å². The van der Waals surface area contributed by atoms with Gasteiger partial charge >= 0.3 is 5.97 Å². The summed E-state index contributed by atoms with van der Waals surface area (Å²) in [5.41, 5.74) is 2.12. The van der Waals surface area contributed by atoms with Crippen LogP contribution in [-0.4, -0.2) is 48.2 Å². The van der Waals surface area contributed by atoms with Gasteiger partial charge in [-0.05, 0) is 17.5 Å². The van der Waals surface area contributed by atoms with E-state index in [1.54, 1.807) is 0 Å². The molecule has 1 aromatic carbocycles. The number of carboxylic acid groups (broad SMARTS) is 1. The van der Waals surface area contributed by atoms with Gasteiger partial charge in [-0.2, -0.15) is 17.0 Å². The zero-order valence-electron chi connectivity index (χ0n) is 10.6. The highest BCUT2D eigenvalue weighted by Gasteiger charge is 2.30. The molecule has 0 saturated heterocycles. The van der Waals surface area contributed by atoms with Gasteiger partial charge in [0.2, 0.25) is 0 Å². The van der Waals surface area contributed by atoms with Gasteiger partial charge < -0.3 is 5.11 Å². The zero-order chi connectivity index (χ0) is 14.0. The number of rotatable bonds is 4. The van der Waals surface area contributed by atoms with Gasteiger partial charge in [-0.15, -0.1) is 0 Å². The van der Waals surface area contributed by atoms with Gasteiger partial charge in [0.05, 0.1) is 0 Å². The first kappa shape index (κ1) is 14.0. The van der Waals surface area contributed by atoms with Crippen LogP contribution in [0.1, 0.15) is 11.1 Å². The lowest BCUT2D eigenvalue weighted by atomic mass is 10.0. The third-order valence-electron chi connectivity index (χ3n) is 3.17. The maximum Gasteiger partial charge on any atom is 0.318 e. The molecule has 1 heterocycles. The van der Waals surface area contributed by atoms with Crippen molar-refractivity contribution in [1.29, 1.82) is 0 Å². The fourth-order valence-electron chi connectivity index (χ4n) is 2.14. The van der Waals surface area contributed by atoms with Crippen LogP contribution < -0.4 is 0 Å². The van der Waals surface area contributed by atoms with Crippen molar-refractivity contribution in [2.45, 2.75) is 13.0 Å². The molecule has 0 radical (unpaired) electrons. The van der Waals surface area contributed by atoms with Gasteiger partial charge in [-0.1, -0.05) is 24.3 Å². The number of likely N-dealkylation sites (N-methyl/N-ethyl adjacent to an activating group) is 1. The molecule has 6 nitrogen and oxygen atoms in total. The molecule has 0 unspecified atom stereocenters. The van der Waals surface area contributed by atoms with E-state index in [1.165, 1.54) is 11.4 Å². The smallest absolute Gasteiger partial charge is 0.318 e. The monoisotopic (exact) mass is 284 g/mol. The van der Waals surface area contributed by atoms with Gasteiger partial charge in [0.15, 0.2) is 0 Å². The Bertz CT molecular complexity index is 585. The summed E-state index contributed by atoms with van der Waals surface area (Å²) in [5, 5.41) is 8.68. The molecule has 1 aliphatic rings. The zero-order valence-corrected chi connectivity index (χ0v) is 11.4. The lowest BCUT2D eigenvalue weighted by molar-refractivity contribution is -0.137.